The van der Waals surface area contributed by atoms with E-state index in [2.05, 4.69) is 9.71 Å². The summed E-state index contributed by atoms with van der Waals surface area (Å²) in [4.78, 5) is 4.07. The SMILES string of the molecule is COCC(CCl)NS(=O)(=O)CCc1ccccn1. The van der Waals surface area contributed by atoms with Gasteiger partial charge in [0.2, 0.25) is 10.0 Å². The normalized spacial score (nSPS) is 13.4. The molecule has 1 aromatic rings. The number of ether oxygens (including phenoxy) is 1. The van der Waals surface area contributed by atoms with Crippen molar-refractivity contribution >= 4 is 21.6 Å². The van der Waals surface area contributed by atoms with Gasteiger partial charge in [0.05, 0.1) is 18.4 Å². The molecule has 0 saturated carbocycles. The van der Waals surface area contributed by atoms with Crippen LogP contribution in [-0.4, -0.2) is 44.8 Å². The number of hydrogen-bond acceptors (Lipinski definition) is 4. The summed E-state index contributed by atoms with van der Waals surface area (Å²) in [6, 6.07) is 5.02. The van der Waals surface area contributed by atoms with Crippen LogP contribution in [0.3, 0.4) is 0 Å². The number of rotatable bonds is 8. The summed E-state index contributed by atoms with van der Waals surface area (Å²) in [6.45, 7) is 0.256. The quantitative estimate of drug-likeness (QED) is 0.720. The van der Waals surface area contributed by atoms with E-state index < -0.39 is 16.1 Å². The first-order chi connectivity index (χ1) is 8.57. The number of nitrogens with zero attached hydrogens (tertiary/aromatic N) is 1. The first-order valence-electron chi connectivity index (χ1n) is 5.52. The molecule has 0 aliphatic carbocycles. The zero-order valence-corrected chi connectivity index (χ0v) is 11.7. The molecule has 0 fully saturated rings. The molecule has 5 nitrogen and oxygen atoms in total. The van der Waals surface area contributed by atoms with E-state index in [0.717, 1.165) is 5.69 Å². The largest absolute Gasteiger partial charge is 0.383 e. The van der Waals surface area contributed by atoms with Crippen molar-refractivity contribution in [3.05, 3.63) is 30.1 Å². The summed E-state index contributed by atoms with van der Waals surface area (Å²) in [5, 5.41) is 0. The van der Waals surface area contributed by atoms with Crippen LogP contribution in [0.4, 0.5) is 0 Å². The van der Waals surface area contributed by atoms with Gasteiger partial charge >= 0.3 is 0 Å². The molecule has 1 atom stereocenters. The van der Waals surface area contributed by atoms with Crippen LogP contribution in [0.1, 0.15) is 5.69 Å². The second-order valence-corrected chi connectivity index (χ2v) is 6.00. The second kappa shape index (κ2) is 7.68. The molecule has 1 unspecified atom stereocenters. The Kier molecular flexibility index (Phi) is 6.56. The lowest BCUT2D eigenvalue weighted by Gasteiger charge is -2.14. The summed E-state index contributed by atoms with van der Waals surface area (Å²) < 4.78 is 31.0. The van der Waals surface area contributed by atoms with Crippen molar-refractivity contribution in [1.82, 2.24) is 9.71 Å². The number of sulfonamides is 1. The molecule has 0 spiro atoms. The number of pyridine rings is 1. The third kappa shape index (κ3) is 5.77. The van der Waals surface area contributed by atoms with Crippen LogP contribution in [0, 0.1) is 0 Å². The fourth-order valence-corrected chi connectivity index (χ4v) is 2.92. The Bertz CT molecular complexity index is 439. The minimum absolute atomic E-state index is 0.0128. The van der Waals surface area contributed by atoms with Crippen molar-refractivity contribution in [3.63, 3.8) is 0 Å². The van der Waals surface area contributed by atoms with Crippen LogP contribution >= 0.6 is 11.6 Å². The Morgan fingerprint density at radius 2 is 2.28 bits per heavy atom. The number of methoxy groups -OCH3 is 1. The smallest absolute Gasteiger partial charge is 0.212 e. The number of halogens is 1. The lowest BCUT2D eigenvalue weighted by Crippen LogP contribution is -2.40. The topological polar surface area (TPSA) is 68.3 Å². The molecular weight excluding hydrogens is 276 g/mol. The highest BCUT2D eigenvalue weighted by Gasteiger charge is 2.17. The van der Waals surface area contributed by atoms with Crippen molar-refractivity contribution < 1.29 is 13.2 Å². The summed E-state index contributed by atoms with van der Waals surface area (Å²) in [5.41, 5.74) is 0.747. The standard InChI is InChI=1S/C11H17ClN2O3S/c1-17-9-11(8-12)14-18(15,16)7-5-10-4-2-3-6-13-10/h2-4,6,11,14H,5,7-9H2,1H3. The zero-order chi connectivity index (χ0) is 13.4. The van der Waals surface area contributed by atoms with E-state index in [9.17, 15) is 8.42 Å². The van der Waals surface area contributed by atoms with E-state index in [1.165, 1.54) is 7.11 Å². The van der Waals surface area contributed by atoms with Crippen molar-refractivity contribution in [3.8, 4) is 0 Å². The highest BCUT2D eigenvalue weighted by molar-refractivity contribution is 7.89. The van der Waals surface area contributed by atoms with Crippen molar-refractivity contribution in [2.24, 2.45) is 0 Å². The predicted molar refractivity (Wildman–Crippen MR) is 71.2 cm³/mol. The van der Waals surface area contributed by atoms with Gasteiger partial charge in [0.1, 0.15) is 0 Å². The van der Waals surface area contributed by atoms with E-state index in [1.54, 1.807) is 18.3 Å². The van der Waals surface area contributed by atoms with Gasteiger partial charge in [0.15, 0.2) is 0 Å². The maximum atomic E-state index is 11.8. The molecule has 0 amide bonds. The van der Waals surface area contributed by atoms with Gasteiger partial charge in [-0.05, 0) is 12.1 Å². The third-order valence-corrected chi connectivity index (χ3v) is 4.06. The Hall–Kier alpha value is -0.690. The van der Waals surface area contributed by atoms with E-state index in [-0.39, 0.29) is 18.2 Å². The fourth-order valence-electron chi connectivity index (χ4n) is 1.41. The molecular formula is C11H17ClN2O3S. The van der Waals surface area contributed by atoms with Crippen LogP contribution in [-0.2, 0) is 21.2 Å². The van der Waals surface area contributed by atoms with Crippen molar-refractivity contribution in [2.75, 3.05) is 25.3 Å². The summed E-state index contributed by atoms with van der Waals surface area (Å²) in [5.74, 6) is 0.164. The van der Waals surface area contributed by atoms with Crippen LogP contribution < -0.4 is 4.72 Å². The van der Waals surface area contributed by atoms with Crippen LogP contribution in [0.15, 0.2) is 24.4 Å². The summed E-state index contributed by atoms with van der Waals surface area (Å²) in [6.07, 6.45) is 2.01. The molecule has 102 valence electrons. The van der Waals surface area contributed by atoms with Gasteiger partial charge in [-0.1, -0.05) is 6.07 Å². The molecule has 0 aliphatic rings. The monoisotopic (exact) mass is 292 g/mol. The average Bonchev–Trinajstić information content (AvgIpc) is 2.37. The molecule has 18 heavy (non-hydrogen) atoms. The van der Waals surface area contributed by atoms with Gasteiger partial charge < -0.3 is 4.74 Å². The molecule has 0 aromatic carbocycles. The van der Waals surface area contributed by atoms with Crippen LogP contribution in [0.2, 0.25) is 0 Å². The molecule has 1 aromatic heterocycles. The molecule has 0 aliphatic heterocycles. The number of hydrogen-bond donors (Lipinski definition) is 1. The van der Waals surface area contributed by atoms with E-state index in [0.29, 0.717) is 6.42 Å². The number of alkyl halides is 1. The van der Waals surface area contributed by atoms with Crippen LogP contribution in [0.25, 0.3) is 0 Å². The number of aryl methyl sites for hydroxylation is 1. The number of aromatic nitrogens is 1. The Labute approximate surface area is 113 Å². The molecule has 1 N–H and O–H groups in total. The van der Waals surface area contributed by atoms with Crippen molar-refractivity contribution in [2.45, 2.75) is 12.5 Å². The minimum atomic E-state index is -3.37. The lowest BCUT2D eigenvalue weighted by molar-refractivity contribution is 0.181. The molecule has 1 heterocycles. The lowest BCUT2D eigenvalue weighted by atomic mass is 10.3. The molecule has 7 heteroatoms. The molecule has 1 rings (SSSR count). The average molecular weight is 293 g/mol. The fraction of sp³-hybridized carbons (Fsp3) is 0.545. The van der Waals surface area contributed by atoms with Gasteiger partial charge in [-0.25, -0.2) is 13.1 Å². The predicted octanol–water partition coefficient (Wildman–Crippen LogP) is 0.797. The maximum absolute atomic E-state index is 11.8. The Morgan fingerprint density at radius 1 is 1.50 bits per heavy atom. The first-order valence-corrected chi connectivity index (χ1v) is 7.71. The van der Waals surface area contributed by atoms with E-state index in [4.69, 9.17) is 16.3 Å². The van der Waals surface area contributed by atoms with Gasteiger partial charge in [0, 0.05) is 31.3 Å². The maximum Gasteiger partial charge on any atom is 0.212 e. The Morgan fingerprint density at radius 3 is 2.83 bits per heavy atom. The second-order valence-electron chi connectivity index (χ2n) is 3.81. The highest BCUT2D eigenvalue weighted by Crippen LogP contribution is 2.00. The van der Waals surface area contributed by atoms with Crippen molar-refractivity contribution in [1.29, 1.82) is 0 Å². The number of nitrogens with one attached hydrogen (secondary N) is 1. The molecule has 0 bridgehead atoms. The van der Waals surface area contributed by atoms with Crippen LogP contribution in [0.5, 0.6) is 0 Å². The first kappa shape index (κ1) is 15.4. The van der Waals surface area contributed by atoms with Gasteiger partial charge in [-0.15, -0.1) is 11.6 Å². The van der Waals surface area contributed by atoms with Gasteiger partial charge in [0.25, 0.3) is 0 Å². The van der Waals surface area contributed by atoms with Gasteiger partial charge in [-0.3, -0.25) is 4.98 Å². The third-order valence-electron chi connectivity index (χ3n) is 2.25. The molecule has 0 radical (unpaired) electrons. The van der Waals surface area contributed by atoms with E-state index in [1.807, 2.05) is 6.07 Å². The zero-order valence-electron chi connectivity index (χ0n) is 10.2. The Balaban J connectivity index is 2.49. The highest BCUT2D eigenvalue weighted by atomic mass is 35.5. The summed E-state index contributed by atoms with van der Waals surface area (Å²) in [7, 11) is -1.87. The molecule has 0 saturated heterocycles. The minimum Gasteiger partial charge on any atom is -0.383 e. The van der Waals surface area contributed by atoms with Gasteiger partial charge in [-0.2, -0.15) is 0 Å². The van der Waals surface area contributed by atoms with E-state index >= 15 is 0 Å². The summed E-state index contributed by atoms with van der Waals surface area (Å²) >= 11 is 5.65.